The van der Waals surface area contributed by atoms with Crippen molar-refractivity contribution < 1.29 is 14.0 Å². The first kappa shape index (κ1) is 22.2. The van der Waals surface area contributed by atoms with Gasteiger partial charge in [0.1, 0.15) is 5.60 Å². The van der Waals surface area contributed by atoms with Crippen LogP contribution in [0.15, 0.2) is 28.7 Å². The number of nitrogens with zero attached hydrogens (tertiary/aromatic N) is 1. The predicted molar refractivity (Wildman–Crippen MR) is 111 cm³/mol. The quantitative estimate of drug-likeness (QED) is 0.521. The molecule has 142 valence electrons. The Balaban J connectivity index is 2.89. The topological polar surface area (TPSA) is 38.8 Å². The Bertz CT molecular complexity index is 574. The molecule has 0 saturated heterocycles. The summed E-state index contributed by atoms with van der Waals surface area (Å²) in [6.07, 6.45) is -0.353. The van der Waals surface area contributed by atoms with Crippen molar-refractivity contribution in [3.63, 3.8) is 0 Å². The fraction of sp³-hybridized carbons (Fsp3) is 0.632. The summed E-state index contributed by atoms with van der Waals surface area (Å²) in [6.45, 7) is 17.6. The van der Waals surface area contributed by atoms with E-state index in [9.17, 15) is 4.79 Å². The van der Waals surface area contributed by atoms with Gasteiger partial charge in [-0.25, -0.2) is 4.79 Å². The number of anilines is 1. The molecule has 0 N–H and O–H groups in total. The van der Waals surface area contributed by atoms with Crippen molar-refractivity contribution in [3.8, 4) is 0 Å². The van der Waals surface area contributed by atoms with Gasteiger partial charge >= 0.3 is 6.09 Å². The molecule has 1 aromatic carbocycles. The molecule has 0 fully saturated rings. The molecule has 25 heavy (non-hydrogen) atoms. The van der Waals surface area contributed by atoms with Crippen LogP contribution in [0.25, 0.3) is 0 Å². The molecule has 6 heteroatoms. The molecule has 0 aliphatic rings. The first-order valence-corrected chi connectivity index (χ1v) is 12.3. The number of halogens is 1. The second-order valence-corrected chi connectivity index (χ2v) is 14.4. The fourth-order valence-corrected chi connectivity index (χ4v) is 3.17. The van der Waals surface area contributed by atoms with Gasteiger partial charge in [-0.15, -0.1) is 0 Å². The maximum atomic E-state index is 12.6. The van der Waals surface area contributed by atoms with Crippen LogP contribution in [-0.2, 0) is 9.16 Å². The summed E-state index contributed by atoms with van der Waals surface area (Å²) in [7, 11) is -1.85. The molecule has 0 aliphatic heterocycles. The summed E-state index contributed by atoms with van der Waals surface area (Å²) in [5, 5.41) is 0.140. The van der Waals surface area contributed by atoms with Crippen LogP contribution in [0.3, 0.4) is 0 Å². The normalized spacial score (nSPS) is 12.8. The van der Waals surface area contributed by atoms with Crippen LogP contribution in [0.2, 0.25) is 18.1 Å². The van der Waals surface area contributed by atoms with Crippen LogP contribution in [0.5, 0.6) is 0 Å². The monoisotopic (exact) mass is 429 g/mol. The highest BCUT2D eigenvalue weighted by atomic mass is 79.9. The van der Waals surface area contributed by atoms with Crippen LogP contribution in [0.4, 0.5) is 10.5 Å². The maximum absolute atomic E-state index is 12.6. The number of benzene rings is 1. The molecule has 1 aromatic rings. The van der Waals surface area contributed by atoms with Crippen molar-refractivity contribution in [1.82, 2.24) is 0 Å². The van der Waals surface area contributed by atoms with E-state index in [1.54, 1.807) is 4.90 Å². The highest BCUT2D eigenvalue weighted by Gasteiger charge is 2.37. The van der Waals surface area contributed by atoms with Gasteiger partial charge in [-0.3, -0.25) is 4.90 Å². The van der Waals surface area contributed by atoms with Crippen LogP contribution in [-0.4, -0.2) is 33.2 Å². The third-order valence-corrected chi connectivity index (χ3v) is 9.40. The van der Waals surface area contributed by atoms with Crippen LogP contribution >= 0.6 is 15.9 Å². The van der Waals surface area contributed by atoms with Crippen LogP contribution < -0.4 is 4.90 Å². The average molecular weight is 430 g/mol. The fourth-order valence-electron chi connectivity index (χ4n) is 1.87. The Morgan fingerprint density at radius 3 is 2.04 bits per heavy atom. The molecular formula is C19H32BrNO3Si. The van der Waals surface area contributed by atoms with E-state index in [0.29, 0.717) is 13.2 Å². The van der Waals surface area contributed by atoms with Gasteiger partial charge < -0.3 is 9.16 Å². The Morgan fingerprint density at radius 2 is 1.60 bits per heavy atom. The van der Waals surface area contributed by atoms with E-state index in [1.807, 2.05) is 45.0 Å². The smallest absolute Gasteiger partial charge is 0.414 e. The minimum atomic E-state index is -1.85. The van der Waals surface area contributed by atoms with Gasteiger partial charge in [0.15, 0.2) is 8.32 Å². The number of rotatable bonds is 5. The standard InChI is InChI=1S/C19H32BrNO3Si/c1-18(2,3)24-17(22)21(16-11-9-15(20)10-12-16)13-14-23-25(7,8)19(4,5)6/h9-12H,13-14H2,1-8H3. The Hall–Kier alpha value is -0.853. The largest absolute Gasteiger partial charge is 0.443 e. The summed E-state index contributed by atoms with van der Waals surface area (Å²) in [6, 6.07) is 7.64. The SMILES string of the molecule is CC(C)(C)OC(=O)N(CCO[Si](C)(C)C(C)(C)C)c1ccc(Br)cc1. The molecule has 1 rings (SSSR count). The molecule has 0 heterocycles. The predicted octanol–water partition coefficient (Wildman–Crippen LogP) is 6.21. The molecule has 0 radical (unpaired) electrons. The molecule has 0 aromatic heterocycles. The molecule has 0 aliphatic carbocycles. The molecule has 0 bridgehead atoms. The van der Waals surface area contributed by atoms with Crippen molar-refractivity contribution >= 4 is 36.0 Å². The van der Waals surface area contributed by atoms with E-state index in [-0.39, 0.29) is 11.1 Å². The van der Waals surface area contributed by atoms with E-state index in [2.05, 4.69) is 49.8 Å². The lowest BCUT2D eigenvalue weighted by Gasteiger charge is -2.37. The lowest BCUT2D eigenvalue weighted by molar-refractivity contribution is 0.0574. The lowest BCUT2D eigenvalue weighted by Crippen LogP contribution is -2.44. The van der Waals surface area contributed by atoms with Crippen molar-refractivity contribution in [2.75, 3.05) is 18.1 Å². The second kappa shape index (κ2) is 8.23. The van der Waals surface area contributed by atoms with Gasteiger partial charge in [0.05, 0.1) is 13.2 Å². The van der Waals surface area contributed by atoms with E-state index >= 15 is 0 Å². The molecule has 0 atom stereocenters. The zero-order valence-corrected chi connectivity index (χ0v) is 19.4. The van der Waals surface area contributed by atoms with E-state index in [0.717, 1.165) is 10.2 Å². The molecule has 0 spiro atoms. The number of hydrogen-bond donors (Lipinski definition) is 0. The minimum absolute atomic E-state index is 0.140. The van der Waals surface area contributed by atoms with Crippen LogP contribution in [0, 0.1) is 0 Å². The van der Waals surface area contributed by atoms with Gasteiger partial charge in [-0.2, -0.15) is 0 Å². The van der Waals surface area contributed by atoms with Crippen molar-refractivity contribution in [3.05, 3.63) is 28.7 Å². The third kappa shape index (κ3) is 7.11. The molecule has 0 unspecified atom stereocenters. The lowest BCUT2D eigenvalue weighted by atomic mass is 10.2. The van der Waals surface area contributed by atoms with E-state index in [1.165, 1.54) is 0 Å². The Labute approximate surface area is 162 Å². The van der Waals surface area contributed by atoms with Gasteiger partial charge in [-0.05, 0) is 63.2 Å². The summed E-state index contributed by atoms with van der Waals surface area (Å²) in [4.78, 5) is 14.3. The highest BCUT2D eigenvalue weighted by molar-refractivity contribution is 9.10. The zero-order chi connectivity index (χ0) is 19.5. The first-order valence-electron chi connectivity index (χ1n) is 8.63. The maximum Gasteiger partial charge on any atom is 0.414 e. The minimum Gasteiger partial charge on any atom is -0.443 e. The van der Waals surface area contributed by atoms with Crippen LogP contribution in [0.1, 0.15) is 41.5 Å². The van der Waals surface area contributed by atoms with Gasteiger partial charge in [0.25, 0.3) is 0 Å². The molecular weight excluding hydrogens is 398 g/mol. The van der Waals surface area contributed by atoms with Crippen molar-refractivity contribution in [1.29, 1.82) is 0 Å². The number of hydrogen-bond acceptors (Lipinski definition) is 3. The van der Waals surface area contributed by atoms with Gasteiger partial charge in [-0.1, -0.05) is 36.7 Å². The number of carbonyl (C=O) groups is 1. The molecule has 0 saturated carbocycles. The number of carbonyl (C=O) groups excluding carboxylic acids is 1. The number of ether oxygens (including phenoxy) is 1. The molecule has 4 nitrogen and oxygen atoms in total. The summed E-state index contributed by atoms with van der Waals surface area (Å²) in [5.74, 6) is 0. The number of amides is 1. The van der Waals surface area contributed by atoms with Crippen molar-refractivity contribution in [2.24, 2.45) is 0 Å². The summed E-state index contributed by atoms with van der Waals surface area (Å²) >= 11 is 3.43. The third-order valence-electron chi connectivity index (χ3n) is 4.34. The highest BCUT2D eigenvalue weighted by Crippen LogP contribution is 2.36. The Morgan fingerprint density at radius 1 is 1.08 bits per heavy atom. The van der Waals surface area contributed by atoms with Crippen molar-refractivity contribution in [2.45, 2.75) is 65.3 Å². The average Bonchev–Trinajstić information content (AvgIpc) is 2.41. The molecule has 1 amide bonds. The second-order valence-electron chi connectivity index (χ2n) is 8.72. The van der Waals surface area contributed by atoms with Gasteiger partial charge in [0.2, 0.25) is 0 Å². The van der Waals surface area contributed by atoms with Gasteiger partial charge in [0, 0.05) is 10.2 Å². The Kier molecular flexibility index (Phi) is 7.30. The van der Waals surface area contributed by atoms with E-state index in [4.69, 9.17) is 9.16 Å². The first-order chi connectivity index (χ1) is 11.2. The zero-order valence-electron chi connectivity index (χ0n) is 16.8. The summed E-state index contributed by atoms with van der Waals surface area (Å²) in [5.41, 5.74) is 0.265. The summed E-state index contributed by atoms with van der Waals surface area (Å²) < 4.78 is 12.8. The van der Waals surface area contributed by atoms with E-state index < -0.39 is 13.9 Å².